The molecular weight excluding hydrogens is 639 g/mol. The Bertz CT molecular complexity index is 1990. The number of esters is 1. The highest BCUT2D eigenvalue weighted by Gasteiger charge is 2.53. The van der Waals surface area contributed by atoms with E-state index in [4.69, 9.17) is 23.4 Å². The third kappa shape index (κ3) is 7.24. The zero-order valence-corrected chi connectivity index (χ0v) is 28.2. The number of aromatic hydroxyl groups is 1. The second-order valence-electron chi connectivity index (χ2n) is 12.7. The van der Waals surface area contributed by atoms with Crippen LogP contribution in [-0.4, -0.2) is 64.4 Å². The van der Waals surface area contributed by atoms with Crippen molar-refractivity contribution < 1.29 is 47.6 Å². The average Bonchev–Trinajstić information content (AvgIpc) is 3.48. The van der Waals surface area contributed by atoms with Crippen LogP contribution in [0, 0.1) is 19.7 Å². The molecule has 5 rings (SSSR count). The maximum absolute atomic E-state index is 14.7. The summed E-state index contributed by atoms with van der Waals surface area (Å²) in [5, 5.41) is 24.8. The number of aliphatic hydroxyl groups is 1. The van der Waals surface area contributed by atoms with Crippen LogP contribution in [0.15, 0.2) is 63.3 Å². The molecule has 4 aromatic rings. The Labute approximate surface area is 281 Å². The number of rotatable bonds is 9. The first-order valence-electron chi connectivity index (χ1n) is 15.6. The highest BCUT2D eigenvalue weighted by atomic mass is 19.1. The predicted octanol–water partition coefficient (Wildman–Crippen LogP) is 5.46. The molecule has 0 bridgehead atoms. The van der Waals surface area contributed by atoms with Crippen LogP contribution >= 0.6 is 0 Å². The molecule has 3 heterocycles. The zero-order valence-electron chi connectivity index (χ0n) is 28.2. The number of methoxy groups -OCH3 is 1. The number of hydrogen-bond donors (Lipinski definition) is 4. The van der Waals surface area contributed by atoms with Crippen molar-refractivity contribution in [1.29, 1.82) is 0 Å². The number of ether oxygens (including phenoxy) is 4. The van der Waals surface area contributed by atoms with E-state index in [0.717, 1.165) is 17.3 Å². The number of aromatic amines is 1. The van der Waals surface area contributed by atoms with Gasteiger partial charge in [-0.25, -0.2) is 14.0 Å². The summed E-state index contributed by atoms with van der Waals surface area (Å²) >= 11 is 0. The number of nitrogens with one attached hydrogen (secondary N) is 2. The minimum absolute atomic E-state index is 0.0583. The van der Waals surface area contributed by atoms with Gasteiger partial charge < -0.3 is 43.9 Å². The molecule has 1 aliphatic rings. The molecule has 4 atom stereocenters. The number of anilines is 1. The van der Waals surface area contributed by atoms with Crippen LogP contribution in [0.2, 0.25) is 0 Å². The van der Waals surface area contributed by atoms with E-state index in [2.05, 4.69) is 10.3 Å². The molecule has 0 aliphatic carbocycles. The van der Waals surface area contributed by atoms with Crippen molar-refractivity contribution in [2.24, 2.45) is 0 Å². The van der Waals surface area contributed by atoms with Gasteiger partial charge in [0.1, 0.15) is 28.9 Å². The number of aromatic nitrogens is 1. The van der Waals surface area contributed by atoms with Crippen molar-refractivity contribution >= 4 is 28.5 Å². The summed E-state index contributed by atoms with van der Waals surface area (Å²) in [5.41, 5.74) is -0.198. The van der Waals surface area contributed by atoms with Gasteiger partial charge in [-0.1, -0.05) is 17.7 Å². The number of benzene rings is 2. The zero-order chi connectivity index (χ0) is 35.8. The van der Waals surface area contributed by atoms with Crippen molar-refractivity contribution in [3.63, 3.8) is 0 Å². The molecule has 0 unspecified atom stereocenters. The van der Waals surface area contributed by atoms with Crippen LogP contribution in [0.1, 0.15) is 65.4 Å². The Balaban J connectivity index is 1.39. The Hall–Kier alpha value is -4.98. The number of carbonyl (C=O) groups is 2. The summed E-state index contributed by atoms with van der Waals surface area (Å²) in [7, 11) is 1.41. The van der Waals surface area contributed by atoms with E-state index >= 15 is 0 Å². The number of halogens is 1. The molecule has 0 spiro atoms. The van der Waals surface area contributed by atoms with Gasteiger partial charge in [0.25, 0.3) is 5.91 Å². The number of hydrogen-bond acceptors (Lipinski definition) is 10. The molecule has 2 aromatic carbocycles. The topological polar surface area (TPSA) is 170 Å². The molecule has 12 nitrogen and oxygen atoms in total. The fourth-order valence-electron chi connectivity index (χ4n) is 5.70. The van der Waals surface area contributed by atoms with E-state index in [-0.39, 0.29) is 33.5 Å². The first-order valence-corrected chi connectivity index (χ1v) is 15.6. The van der Waals surface area contributed by atoms with Gasteiger partial charge in [0.05, 0.1) is 11.0 Å². The van der Waals surface area contributed by atoms with Crippen LogP contribution < -0.4 is 15.7 Å². The largest absolute Gasteiger partial charge is 0.505 e. The highest BCUT2D eigenvalue weighted by Crippen LogP contribution is 2.38. The van der Waals surface area contributed by atoms with Crippen molar-refractivity contribution in [2.45, 2.75) is 78.2 Å². The number of amides is 1. The summed E-state index contributed by atoms with van der Waals surface area (Å²) in [4.78, 5) is 41.8. The molecular formula is C36H39FN2O10. The van der Waals surface area contributed by atoms with E-state index < -0.39 is 65.0 Å². The fraction of sp³-hybridized carbons (Fsp3) is 0.361. The maximum Gasteiger partial charge on any atom is 0.364 e. The SMILES string of the molecule is CO[C@@H]1[C@@H](OC(=O)c2ccc(C)[nH]2)[C@@H](O)[C@H](Oc2ccc3c(O)c(NC(=O)c4ccc(CC=C(C)C)c(F)c4)c(=O)oc3c2C)OC1(C)C. The van der Waals surface area contributed by atoms with Crippen LogP contribution in [0.25, 0.3) is 11.0 Å². The monoisotopic (exact) mass is 678 g/mol. The summed E-state index contributed by atoms with van der Waals surface area (Å²) in [6.45, 7) is 10.5. The number of allylic oxidation sites excluding steroid dienone is 2. The summed E-state index contributed by atoms with van der Waals surface area (Å²) in [6, 6.07) is 10.1. The molecule has 1 fully saturated rings. The number of carbonyl (C=O) groups excluding carboxylic acids is 2. The van der Waals surface area contributed by atoms with Crippen LogP contribution in [-0.2, 0) is 20.6 Å². The minimum atomic E-state index is -1.52. The van der Waals surface area contributed by atoms with Crippen LogP contribution in [0.5, 0.6) is 11.5 Å². The molecule has 0 radical (unpaired) electrons. The predicted molar refractivity (Wildman–Crippen MR) is 177 cm³/mol. The van der Waals surface area contributed by atoms with E-state index in [9.17, 15) is 29.0 Å². The van der Waals surface area contributed by atoms with Gasteiger partial charge in [0.2, 0.25) is 6.29 Å². The smallest absolute Gasteiger partial charge is 0.364 e. The lowest BCUT2D eigenvalue weighted by atomic mass is 9.89. The fourth-order valence-corrected chi connectivity index (χ4v) is 5.70. The average molecular weight is 679 g/mol. The van der Waals surface area contributed by atoms with Gasteiger partial charge in [-0.15, -0.1) is 0 Å². The number of fused-ring (bicyclic) bond motifs is 1. The Morgan fingerprint density at radius 1 is 1.12 bits per heavy atom. The molecule has 4 N–H and O–H groups in total. The Morgan fingerprint density at radius 2 is 1.86 bits per heavy atom. The molecule has 1 aliphatic heterocycles. The standard InChI is InChI=1S/C36H39FN2O10/c1-17(2)8-10-20-11-12-21(16-23(20)37)32(42)39-26-27(40)22-13-15-25(19(4)29(22)47-34(26)44)46-35-28(41)30(31(45-7)36(5,6)49-35)48-33(43)24-14-9-18(3)38-24/h8-9,11-16,28,30-31,35,38,40-41H,10H2,1-7H3,(H,39,42)/t28-,30+,31-,35-/m1/s1. The molecule has 260 valence electrons. The van der Waals surface area contributed by atoms with E-state index in [1.807, 2.05) is 19.9 Å². The van der Waals surface area contributed by atoms with Gasteiger partial charge in [0, 0.05) is 23.9 Å². The van der Waals surface area contributed by atoms with Gasteiger partial charge >= 0.3 is 11.6 Å². The molecule has 13 heteroatoms. The lowest BCUT2D eigenvalue weighted by Crippen LogP contribution is -2.65. The molecule has 49 heavy (non-hydrogen) atoms. The molecule has 2 aromatic heterocycles. The van der Waals surface area contributed by atoms with Gasteiger partial charge in [0.15, 0.2) is 23.6 Å². The lowest BCUT2D eigenvalue weighted by Gasteiger charge is -2.47. The lowest BCUT2D eigenvalue weighted by molar-refractivity contribution is -0.305. The number of H-pyrrole nitrogens is 1. The van der Waals surface area contributed by atoms with Crippen molar-refractivity contribution in [3.05, 3.63) is 98.4 Å². The molecule has 1 saturated heterocycles. The van der Waals surface area contributed by atoms with Gasteiger partial charge in [-0.05, 0) is 89.9 Å². The third-order valence-corrected chi connectivity index (χ3v) is 8.34. The van der Waals surface area contributed by atoms with E-state index in [0.29, 0.717) is 12.0 Å². The highest BCUT2D eigenvalue weighted by molar-refractivity contribution is 6.06. The Kier molecular flexibility index (Phi) is 10.00. The van der Waals surface area contributed by atoms with Crippen molar-refractivity contribution in [3.8, 4) is 11.5 Å². The molecule has 1 amide bonds. The maximum atomic E-state index is 14.7. The summed E-state index contributed by atoms with van der Waals surface area (Å²) in [5.74, 6) is -2.57. The molecule has 0 saturated carbocycles. The second kappa shape index (κ2) is 13.9. The van der Waals surface area contributed by atoms with Gasteiger partial charge in [-0.3, -0.25) is 4.79 Å². The summed E-state index contributed by atoms with van der Waals surface area (Å²) < 4.78 is 43.6. The second-order valence-corrected chi connectivity index (χ2v) is 12.7. The van der Waals surface area contributed by atoms with E-state index in [1.54, 1.807) is 39.8 Å². The third-order valence-electron chi connectivity index (χ3n) is 8.34. The quantitative estimate of drug-likeness (QED) is 0.101. The normalized spacial score (nSPS) is 20.1. The van der Waals surface area contributed by atoms with Gasteiger partial charge in [-0.2, -0.15) is 0 Å². The number of aliphatic hydroxyl groups excluding tert-OH is 1. The van der Waals surface area contributed by atoms with E-state index in [1.165, 1.54) is 31.4 Å². The first-order chi connectivity index (χ1) is 23.1. The van der Waals surface area contributed by atoms with Crippen molar-refractivity contribution in [1.82, 2.24) is 4.98 Å². The van der Waals surface area contributed by atoms with Crippen molar-refractivity contribution in [2.75, 3.05) is 12.4 Å². The minimum Gasteiger partial charge on any atom is -0.505 e. The number of aryl methyl sites for hydroxylation is 2. The van der Waals surface area contributed by atoms with Crippen LogP contribution in [0.3, 0.4) is 0 Å². The first kappa shape index (κ1) is 35.3. The Morgan fingerprint density at radius 3 is 2.49 bits per heavy atom. The van der Waals surface area contributed by atoms with Crippen LogP contribution in [0.4, 0.5) is 10.1 Å². The summed E-state index contributed by atoms with van der Waals surface area (Å²) in [6.07, 6.45) is -2.75.